The van der Waals surface area contributed by atoms with Crippen molar-refractivity contribution in [2.24, 2.45) is 0 Å². The maximum Gasteiger partial charge on any atom is 0.321 e. The van der Waals surface area contributed by atoms with Crippen molar-refractivity contribution in [1.29, 1.82) is 0 Å². The Labute approximate surface area is 107 Å². The number of nitrogens with one attached hydrogen (secondary N) is 1. The van der Waals surface area contributed by atoms with Gasteiger partial charge >= 0.3 is 6.03 Å². The molecule has 1 rings (SSSR count). The summed E-state index contributed by atoms with van der Waals surface area (Å²) in [6.07, 6.45) is 0. The first kappa shape index (κ1) is 14.5. The van der Waals surface area contributed by atoms with Gasteiger partial charge in [-0.3, -0.25) is 0 Å². The number of carbonyl (C=O) groups is 1. The highest BCUT2D eigenvalue weighted by molar-refractivity contribution is 5.89. The summed E-state index contributed by atoms with van der Waals surface area (Å²) in [4.78, 5) is 13.3. The van der Waals surface area contributed by atoms with Crippen LogP contribution < -0.4 is 5.32 Å². The third-order valence-corrected chi connectivity index (χ3v) is 2.79. The fourth-order valence-electron chi connectivity index (χ4n) is 1.58. The molecule has 0 aromatic heterocycles. The second-order valence-electron chi connectivity index (χ2n) is 4.16. The zero-order chi connectivity index (χ0) is 13.5. The summed E-state index contributed by atoms with van der Waals surface area (Å²) in [7, 11) is 0. The van der Waals surface area contributed by atoms with Crippen molar-refractivity contribution in [3.63, 3.8) is 0 Å². The van der Waals surface area contributed by atoms with Gasteiger partial charge in [-0.1, -0.05) is 6.07 Å². The van der Waals surface area contributed by atoms with Gasteiger partial charge in [0.2, 0.25) is 0 Å². The van der Waals surface area contributed by atoms with Crippen LogP contribution in [-0.2, 0) is 0 Å². The molecule has 2 amide bonds. The summed E-state index contributed by atoms with van der Waals surface area (Å²) >= 11 is 0. The standard InChI is InChI=1S/C13H20N2O3/c1-10-3-4-12(9-11(10)2)14-13(18)15(5-7-16)6-8-17/h3-4,9,16-17H,5-8H2,1-2H3,(H,14,18). The molecule has 0 radical (unpaired) electrons. The zero-order valence-electron chi connectivity index (χ0n) is 10.8. The number of urea groups is 1. The van der Waals surface area contributed by atoms with Gasteiger partial charge in [0.25, 0.3) is 0 Å². The van der Waals surface area contributed by atoms with E-state index in [0.29, 0.717) is 5.69 Å². The van der Waals surface area contributed by atoms with Gasteiger partial charge in [-0.2, -0.15) is 0 Å². The molecular formula is C13H20N2O3. The first-order chi connectivity index (χ1) is 8.58. The van der Waals surface area contributed by atoms with Crippen LogP contribution in [-0.4, -0.2) is 47.4 Å². The molecule has 0 fully saturated rings. The van der Waals surface area contributed by atoms with E-state index in [1.807, 2.05) is 32.0 Å². The number of anilines is 1. The first-order valence-electron chi connectivity index (χ1n) is 5.93. The van der Waals surface area contributed by atoms with Gasteiger partial charge in [-0.25, -0.2) is 4.79 Å². The van der Waals surface area contributed by atoms with Crippen LogP contribution in [0.4, 0.5) is 10.5 Å². The molecule has 0 aliphatic heterocycles. The van der Waals surface area contributed by atoms with E-state index in [-0.39, 0.29) is 32.3 Å². The number of amides is 2. The van der Waals surface area contributed by atoms with Crippen molar-refractivity contribution in [2.75, 3.05) is 31.6 Å². The monoisotopic (exact) mass is 252 g/mol. The lowest BCUT2D eigenvalue weighted by Crippen LogP contribution is -2.38. The lowest BCUT2D eigenvalue weighted by Gasteiger charge is -2.21. The first-order valence-corrected chi connectivity index (χ1v) is 5.93. The predicted octanol–water partition coefficient (Wildman–Crippen LogP) is 1.12. The van der Waals surface area contributed by atoms with E-state index in [9.17, 15) is 4.79 Å². The molecule has 0 aliphatic rings. The molecular weight excluding hydrogens is 232 g/mol. The van der Waals surface area contributed by atoms with Crippen LogP contribution in [0.1, 0.15) is 11.1 Å². The number of aliphatic hydroxyl groups is 2. The third-order valence-electron chi connectivity index (χ3n) is 2.79. The van der Waals surface area contributed by atoms with Gasteiger partial charge in [-0.15, -0.1) is 0 Å². The zero-order valence-corrected chi connectivity index (χ0v) is 10.8. The van der Waals surface area contributed by atoms with Crippen LogP contribution in [0, 0.1) is 13.8 Å². The second-order valence-corrected chi connectivity index (χ2v) is 4.16. The van der Waals surface area contributed by atoms with Gasteiger partial charge in [0, 0.05) is 18.8 Å². The Kier molecular flexibility index (Phi) is 5.61. The largest absolute Gasteiger partial charge is 0.395 e. The van der Waals surface area contributed by atoms with E-state index < -0.39 is 0 Å². The van der Waals surface area contributed by atoms with E-state index in [1.54, 1.807) is 0 Å². The Bertz CT molecular complexity index is 401. The molecule has 5 heteroatoms. The van der Waals surface area contributed by atoms with E-state index in [0.717, 1.165) is 11.1 Å². The highest BCUT2D eigenvalue weighted by Gasteiger charge is 2.12. The fourth-order valence-corrected chi connectivity index (χ4v) is 1.58. The molecule has 0 heterocycles. The summed E-state index contributed by atoms with van der Waals surface area (Å²) in [5.41, 5.74) is 2.98. The molecule has 0 spiro atoms. The number of hydrogen-bond acceptors (Lipinski definition) is 3. The van der Waals surface area contributed by atoms with E-state index in [2.05, 4.69) is 5.32 Å². The summed E-state index contributed by atoms with van der Waals surface area (Å²) in [5.74, 6) is 0. The van der Waals surface area contributed by atoms with Gasteiger partial charge in [-0.05, 0) is 37.1 Å². The third kappa shape index (κ3) is 4.01. The number of hydrogen-bond donors (Lipinski definition) is 3. The van der Waals surface area contributed by atoms with Crippen molar-refractivity contribution in [2.45, 2.75) is 13.8 Å². The number of aryl methyl sites for hydroxylation is 2. The Hall–Kier alpha value is -1.59. The lowest BCUT2D eigenvalue weighted by atomic mass is 10.1. The summed E-state index contributed by atoms with van der Waals surface area (Å²) in [6, 6.07) is 5.34. The summed E-state index contributed by atoms with van der Waals surface area (Å²) in [6.45, 7) is 4.14. The lowest BCUT2D eigenvalue weighted by molar-refractivity contribution is 0.167. The molecule has 0 atom stereocenters. The number of aliphatic hydroxyl groups excluding tert-OH is 2. The van der Waals surface area contributed by atoms with Crippen LogP contribution >= 0.6 is 0 Å². The Morgan fingerprint density at radius 2 is 1.78 bits per heavy atom. The normalized spacial score (nSPS) is 10.2. The van der Waals surface area contributed by atoms with Crippen LogP contribution in [0.15, 0.2) is 18.2 Å². The van der Waals surface area contributed by atoms with E-state index in [1.165, 1.54) is 4.90 Å². The quantitative estimate of drug-likeness (QED) is 0.735. The number of benzene rings is 1. The number of nitrogens with zero attached hydrogens (tertiary/aromatic N) is 1. The minimum absolute atomic E-state index is 0.125. The van der Waals surface area contributed by atoms with Crippen LogP contribution in [0.3, 0.4) is 0 Å². The van der Waals surface area contributed by atoms with Crippen LogP contribution in [0.25, 0.3) is 0 Å². The smallest absolute Gasteiger partial charge is 0.321 e. The van der Waals surface area contributed by atoms with Gasteiger partial charge in [0.15, 0.2) is 0 Å². The predicted molar refractivity (Wildman–Crippen MR) is 70.7 cm³/mol. The molecule has 18 heavy (non-hydrogen) atoms. The van der Waals surface area contributed by atoms with E-state index in [4.69, 9.17) is 10.2 Å². The van der Waals surface area contributed by atoms with Crippen molar-refractivity contribution in [3.8, 4) is 0 Å². The van der Waals surface area contributed by atoms with Crippen molar-refractivity contribution >= 4 is 11.7 Å². The summed E-state index contributed by atoms with van der Waals surface area (Å²) in [5, 5.41) is 20.5. The highest BCUT2D eigenvalue weighted by Crippen LogP contribution is 2.14. The molecule has 0 aliphatic carbocycles. The molecule has 100 valence electrons. The van der Waals surface area contributed by atoms with E-state index >= 15 is 0 Å². The van der Waals surface area contributed by atoms with Gasteiger partial charge in [0.1, 0.15) is 0 Å². The van der Waals surface area contributed by atoms with Crippen LogP contribution in [0.5, 0.6) is 0 Å². The average molecular weight is 252 g/mol. The number of carbonyl (C=O) groups excluding carboxylic acids is 1. The molecule has 5 nitrogen and oxygen atoms in total. The molecule has 0 saturated carbocycles. The summed E-state index contributed by atoms with van der Waals surface area (Å²) < 4.78 is 0. The maximum atomic E-state index is 11.9. The molecule has 3 N–H and O–H groups in total. The fraction of sp³-hybridized carbons (Fsp3) is 0.462. The topological polar surface area (TPSA) is 72.8 Å². The molecule has 1 aromatic carbocycles. The minimum Gasteiger partial charge on any atom is -0.395 e. The molecule has 1 aromatic rings. The average Bonchev–Trinajstić information content (AvgIpc) is 2.33. The van der Waals surface area contributed by atoms with Crippen molar-refractivity contribution in [1.82, 2.24) is 4.90 Å². The molecule has 0 bridgehead atoms. The second kappa shape index (κ2) is 6.98. The SMILES string of the molecule is Cc1ccc(NC(=O)N(CCO)CCO)cc1C. The maximum absolute atomic E-state index is 11.9. The van der Waals surface area contributed by atoms with Crippen molar-refractivity contribution in [3.05, 3.63) is 29.3 Å². The van der Waals surface area contributed by atoms with Crippen LogP contribution in [0.2, 0.25) is 0 Å². The van der Waals surface area contributed by atoms with Gasteiger partial charge < -0.3 is 20.4 Å². The Morgan fingerprint density at radius 3 is 2.28 bits per heavy atom. The Balaban J connectivity index is 2.69. The minimum atomic E-state index is -0.318. The molecule has 0 unspecified atom stereocenters. The highest BCUT2D eigenvalue weighted by atomic mass is 16.3. The molecule has 0 saturated heterocycles. The van der Waals surface area contributed by atoms with Crippen molar-refractivity contribution < 1.29 is 15.0 Å². The van der Waals surface area contributed by atoms with Gasteiger partial charge in [0.05, 0.1) is 13.2 Å². The Morgan fingerprint density at radius 1 is 1.17 bits per heavy atom. The number of rotatable bonds is 5.